The van der Waals surface area contributed by atoms with Crippen molar-refractivity contribution in [1.82, 2.24) is 24.8 Å². The number of imidazole rings is 1. The molecule has 3 heterocycles. The van der Waals surface area contributed by atoms with Gasteiger partial charge in [0.1, 0.15) is 0 Å². The first-order valence-corrected chi connectivity index (χ1v) is 10.7. The lowest BCUT2D eigenvalue weighted by Gasteiger charge is -2.22. The van der Waals surface area contributed by atoms with Crippen molar-refractivity contribution in [2.24, 2.45) is 11.8 Å². The van der Waals surface area contributed by atoms with E-state index in [0.717, 1.165) is 4.88 Å². The summed E-state index contributed by atoms with van der Waals surface area (Å²) in [6.07, 6.45) is 1.35. The number of amides is 1. The van der Waals surface area contributed by atoms with Crippen LogP contribution in [0.2, 0.25) is 4.34 Å². The molecule has 1 aliphatic rings. The van der Waals surface area contributed by atoms with Crippen molar-refractivity contribution in [2.75, 3.05) is 19.4 Å². The van der Waals surface area contributed by atoms with Crippen LogP contribution in [0, 0.1) is 23.7 Å². The molecule has 0 aromatic carbocycles. The van der Waals surface area contributed by atoms with E-state index >= 15 is 0 Å². The smallest absolute Gasteiger partial charge is 0.223 e. The van der Waals surface area contributed by atoms with Gasteiger partial charge in [0.2, 0.25) is 11.7 Å². The number of halogens is 1. The van der Waals surface area contributed by atoms with E-state index in [0.29, 0.717) is 33.6 Å². The molecule has 3 N–H and O–H groups in total. The highest BCUT2D eigenvalue weighted by Gasteiger charge is 2.44. The largest absolute Gasteiger partial charge is 0.391 e. The predicted octanol–water partition coefficient (Wildman–Crippen LogP) is 2.29. The van der Waals surface area contributed by atoms with Gasteiger partial charge in [-0.2, -0.15) is 0 Å². The van der Waals surface area contributed by atoms with E-state index in [1.807, 2.05) is 17.6 Å². The topological polar surface area (TPSA) is 105 Å². The van der Waals surface area contributed by atoms with Gasteiger partial charge >= 0.3 is 0 Å². The fourth-order valence-electron chi connectivity index (χ4n) is 4.04. The number of carbonyl (C=O) groups excluding carboxylic acids is 1. The first-order valence-electron chi connectivity index (χ1n) is 9.52. The van der Waals surface area contributed by atoms with Crippen molar-refractivity contribution >= 4 is 45.8 Å². The Kier molecular flexibility index (Phi) is 5.64. The van der Waals surface area contributed by atoms with Crippen LogP contribution in [0.15, 0.2) is 18.5 Å². The molecule has 1 aliphatic carbocycles. The number of aromatic nitrogens is 4. The molecule has 0 aliphatic heterocycles. The monoisotopic (exact) mass is 444 g/mol. The maximum atomic E-state index is 12.2. The van der Waals surface area contributed by atoms with E-state index < -0.39 is 6.10 Å². The lowest BCUT2D eigenvalue weighted by atomic mass is 9.95. The van der Waals surface area contributed by atoms with Gasteiger partial charge in [0, 0.05) is 20.0 Å². The van der Waals surface area contributed by atoms with Crippen molar-refractivity contribution in [3.8, 4) is 11.8 Å². The molecule has 4 atom stereocenters. The van der Waals surface area contributed by atoms with Crippen molar-refractivity contribution in [2.45, 2.75) is 25.5 Å². The number of thiophene rings is 1. The quantitative estimate of drug-likeness (QED) is 0.535. The van der Waals surface area contributed by atoms with Gasteiger partial charge in [0.15, 0.2) is 17.0 Å². The van der Waals surface area contributed by atoms with E-state index in [2.05, 4.69) is 37.4 Å². The molecule has 0 unspecified atom stereocenters. The Bertz CT molecular complexity index is 1160. The molecule has 3 aromatic rings. The van der Waals surface area contributed by atoms with Gasteiger partial charge in [-0.15, -0.1) is 11.3 Å². The maximum Gasteiger partial charge on any atom is 0.223 e. The van der Waals surface area contributed by atoms with E-state index in [1.54, 1.807) is 26.5 Å². The van der Waals surface area contributed by atoms with Crippen molar-refractivity contribution < 1.29 is 9.90 Å². The van der Waals surface area contributed by atoms with Crippen LogP contribution in [0.4, 0.5) is 5.82 Å². The maximum absolute atomic E-state index is 12.2. The summed E-state index contributed by atoms with van der Waals surface area (Å²) in [5.74, 6) is 6.45. The summed E-state index contributed by atoms with van der Waals surface area (Å²) >= 11 is 7.35. The number of rotatable bonds is 3. The number of anilines is 1. The molecule has 8 nitrogen and oxygen atoms in total. The normalized spacial score (nSPS) is 23.2. The minimum atomic E-state index is -0.685. The number of nitrogens with zero attached hydrogens (tertiary/aromatic N) is 4. The summed E-state index contributed by atoms with van der Waals surface area (Å²) in [7, 11) is 3.37. The van der Waals surface area contributed by atoms with Gasteiger partial charge < -0.3 is 20.3 Å². The molecule has 0 spiro atoms. The number of hydrogen-bond acceptors (Lipinski definition) is 7. The molecule has 1 saturated carbocycles. The molecule has 1 amide bonds. The number of nitrogens with one attached hydrogen (secondary N) is 2. The second kappa shape index (κ2) is 8.22. The number of aliphatic hydroxyl groups is 1. The molecule has 0 radical (unpaired) electrons. The second-order valence-electron chi connectivity index (χ2n) is 7.20. The average Bonchev–Trinajstić information content (AvgIpc) is 3.42. The zero-order valence-electron chi connectivity index (χ0n) is 16.7. The predicted molar refractivity (Wildman–Crippen MR) is 117 cm³/mol. The summed E-state index contributed by atoms with van der Waals surface area (Å²) in [4.78, 5) is 26.5. The van der Waals surface area contributed by atoms with Gasteiger partial charge in [-0.3, -0.25) is 4.79 Å². The van der Waals surface area contributed by atoms with Crippen molar-refractivity contribution in [3.05, 3.63) is 33.5 Å². The van der Waals surface area contributed by atoms with Crippen LogP contribution in [0.5, 0.6) is 0 Å². The van der Waals surface area contributed by atoms with E-state index in [9.17, 15) is 9.90 Å². The second-order valence-corrected chi connectivity index (χ2v) is 8.91. The summed E-state index contributed by atoms with van der Waals surface area (Å²) in [6.45, 7) is 1.97. The Hall–Kier alpha value is -2.67. The fourth-order valence-corrected chi connectivity index (χ4v) is 4.93. The van der Waals surface area contributed by atoms with Crippen molar-refractivity contribution in [3.63, 3.8) is 0 Å². The molecule has 0 bridgehead atoms. The minimum Gasteiger partial charge on any atom is -0.391 e. The third-order valence-corrected chi connectivity index (χ3v) is 6.64. The van der Waals surface area contributed by atoms with Crippen molar-refractivity contribution in [1.29, 1.82) is 0 Å². The Morgan fingerprint density at radius 3 is 2.80 bits per heavy atom. The summed E-state index contributed by atoms with van der Waals surface area (Å²) in [5, 5.41) is 16.4. The molecular formula is C20H21ClN6O2S. The number of aliphatic hydroxyl groups excluding tert-OH is 1. The van der Waals surface area contributed by atoms with E-state index in [4.69, 9.17) is 11.6 Å². The van der Waals surface area contributed by atoms with Crippen LogP contribution in [0.1, 0.15) is 30.1 Å². The average molecular weight is 445 g/mol. The highest BCUT2D eigenvalue weighted by molar-refractivity contribution is 7.16. The number of carbonyl (C=O) groups is 1. The summed E-state index contributed by atoms with van der Waals surface area (Å²) in [6, 6.07) is 3.31. The number of fused-ring (bicyclic) bond motifs is 1. The van der Waals surface area contributed by atoms with Gasteiger partial charge in [-0.25, -0.2) is 15.0 Å². The zero-order chi connectivity index (χ0) is 21.4. The van der Waals surface area contributed by atoms with Crippen LogP contribution in [-0.4, -0.2) is 50.7 Å². The van der Waals surface area contributed by atoms with Crippen LogP contribution in [0.25, 0.3) is 11.2 Å². The van der Waals surface area contributed by atoms with Crippen LogP contribution in [-0.2, 0) is 4.79 Å². The standard InChI is InChI=1S/C20H21ClN6O2S/c1-10-12(20(29)23-3)8-13(28)17(10)27-9-24-16-18(22-2)25-15(26-19(16)27)7-5-11-4-6-14(21)30-11/h4,6,9-10,12-13,17,28H,8H2,1-3H3,(H,23,29)(H,22,25,26)/t10-,12+,13+,17+/m0/s1. The van der Waals surface area contributed by atoms with Crippen LogP contribution < -0.4 is 10.6 Å². The summed E-state index contributed by atoms with van der Waals surface area (Å²) in [5.41, 5.74) is 1.15. The highest BCUT2D eigenvalue weighted by Crippen LogP contribution is 2.42. The molecular weight excluding hydrogens is 424 g/mol. The molecule has 30 heavy (non-hydrogen) atoms. The van der Waals surface area contributed by atoms with E-state index in [-0.39, 0.29) is 23.8 Å². The van der Waals surface area contributed by atoms with Crippen LogP contribution >= 0.6 is 22.9 Å². The van der Waals surface area contributed by atoms with Gasteiger partial charge in [0.25, 0.3) is 0 Å². The Balaban J connectivity index is 1.77. The molecule has 0 saturated heterocycles. The van der Waals surface area contributed by atoms with Crippen LogP contribution in [0.3, 0.4) is 0 Å². The Morgan fingerprint density at radius 1 is 1.33 bits per heavy atom. The molecule has 3 aromatic heterocycles. The third-order valence-electron chi connectivity index (χ3n) is 5.50. The SMILES string of the molecule is CNC(=O)[C@@H]1C[C@@H](O)[C@H](n2cnc3c(NC)nc(C#Cc4ccc(Cl)s4)nc32)[C@H]1C. The van der Waals surface area contributed by atoms with Gasteiger partial charge in [0.05, 0.1) is 27.7 Å². The Morgan fingerprint density at radius 2 is 2.13 bits per heavy atom. The lowest BCUT2D eigenvalue weighted by molar-refractivity contribution is -0.125. The van der Waals surface area contributed by atoms with Gasteiger partial charge in [-0.1, -0.05) is 18.5 Å². The first kappa shape index (κ1) is 20.6. The Labute approximate surface area is 182 Å². The van der Waals surface area contributed by atoms with E-state index in [1.165, 1.54) is 11.3 Å². The third kappa shape index (κ3) is 3.62. The lowest BCUT2D eigenvalue weighted by Crippen LogP contribution is -2.30. The minimum absolute atomic E-state index is 0.0693. The first-order chi connectivity index (χ1) is 14.4. The molecule has 4 rings (SSSR count). The van der Waals surface area contributed by atoms with Gasteiger partial charge in [-0.05, 0) is 36.3 Å². The molecule has 10 heteroatoms. The summed E-state index contributed by atoms with van der Waals surface area (Å²) < 4.78 is 2.50. The molecule has 156 valence electrons. The number of hydrogen-bond donors (Lipinski definition) is 3. The highest BCUT2D eigenvalue weighted by atomic mass is 35.5. The zero-order valence-corrected chi connectivity index (χ0v) is 18.3. The fraction of sp³-hybridized carbons (Fsp3) is 0.400. The molecule has 1 fully saturated rings.